The molecule has 0 N–H and O–H groups in total. The van der Waals surface area contributed by atoms with Crippen molar-refractivity contribution in [3.63, 3.8) is 0 Å². The summed E-state index contributed by atoms with van der Waals surface area (Å²) in [7, 11) is 2.08. The molecule has 2 aromatic rings. The van der Waals surface area contributed by atoms with E-state index in [1.807, 2.05) is 18.2 Å². The largest absolute Gasteiger partial charge is 0.484 e. The molecular weight excluding hydrogens is 342 g/mol. The van der Waals surface area contributed by atoms with Crippen LogP contribution in [0.1, 0.15) is 23.0 Å². The molecule has 1 aliphatic heterocycles. The number of aryl methyl sites for hydroxylation is 1. The summed E-state index contributed by atoms with van der Waals surface area (Å²) >= 11 is 3.50. The highest BCUT2D eigenvalue weighted by molar-refractivity contribution is 9.10. The van der Waals surface area contributed by atoms with Gasteiger partial charge in [0.2, 0.25) is 0 Å². The molecule has 1 aliphatic rings. The molecule has 1 aromatic heterocycles. The number of furan rings is 1. The van der Waals surface area contributed by atoms with Crippen LogP contribution in [0.15, 0.2) is 39.4 Å². The number of nitrogens with zero attached hydrogens (tertiary/aromatic N) is 1. The molecule has 0 saturated heterocycles. The quantitative estimate of drug-likeness (QED) is 0.798. The van der Waals surface area contributed by atoms with E-state index in [2.05, 4.69) is 40.9 Å². The molecule has 108 valence electrons. The van der Waals surface area contributed by atoms with Crippen LogP contribution >= 0.6 is 28.3 Å². The summed E-state index contributed by atoms with van der Waals surface area (Å²) in [6.45, 7) is 3.79. The Morgan fingerprint density at radius 1 is 1.35 bits per heavy atom. The summed E-state index contributed by atoms with van der Waals surface area (Å²) in [5.41, 5.74) is 2.34. The Morgan fingerprint density at radius 2 is 2.15 bits per heavy atom. The third-order valence-corrected chi connectivity index (χ3v) is 4.32. The van der Waals surface area contributed by atoms with Gasteiger partial charge in [-0.25, -0.2) is 0 Å². The maximum Gasteiger partial charge on any atom is 0.140 e. The Morgan fingerprint density at radius 3 is 2.90 bits per heavy atom. The molecule has 0 aliphatic carbocycles. The van der Waals surface area contributed by atoms with Gasteiger partial charge in [0.1, 0.15) is 17.6 Å². The Balaban J connectivity index is 0.00000147. The maximum absolute atomic E-state index is 6.12. The maximum atomic E-state index is 6.12. The number of halogens is 2. The van der Waals surface area contributed by atoms with Crippen LogP contribution in [0.2, 0.25) is 0 Å². The van der Waals surface area contributed by atoms with E-state index in [1.54, 1.807) is 6.26 Å². The average molecular weight is 359 g/mol. The number of rotatable bonds is 2. The van der Waals surface area contributed by atoms with Crippen LogP contribution < -0.4 is 4.74 Å². The van der Waals surface area contributed by atoms with E-state index in [0.717, 1.165) is 29.1 Å². The summed E-state index contributed by atoms with van der Waals surface area (Å²) < 4.78 is 12.7. The highest BCUT2D eigenvalue weighted by Crippen LogP contribution is 2.32. The van der Waals surface area contributed by atoms with Gasteiger partial charge >= 0.3 is 0 Å². The van der Waals surface area contributed by atoms with E-state index in [4.69, 9.17) is 9.15 Å². The van der Waals surface area contributed by atoms with E-state index < -0.39 is 0 Å². The third-order valence-electron chi connectivity index (χ3n) is 3.43. The molecule has 3 rings (SSSR count). The zero-order valence-electron chi connectivity index (χ0n) is 11.4. The van der Waals surface area contributed by atoms with Crippen LogP contribution in [0.5, 0.6) is 5.75 Å². The van der Waals surface area contributed by atoms with Crippen LogP contribution in [0.4, 0.5) is 0 Å². The first-order valence-electron chi connectivity index (χ1n) is 6.31. The molecule has 1 atom stereocenters. The van der Waals surface area contributed by atoms with Crippen molar-refractivity contribution in [1.82, 2.24) is 4.90 Å². The lowest BCUT2D eigenvalue weighted by Crippen LogP contribution is -2.32. The lowest BCUT2D eigenvalue weighted by Gasteiger charge is -2.29. The van der Waals surface area contributed by atoms with Crippen LogP contribution in [0.25, 0.3) is 0 Å². The van der Waals surface area contributed by atoms with Crippen molar-refractivity contribution >= 4 is 28.3 Å². The standard InChI is InChI=1S/C15H16BrNO2.ClH/c1-10-7-11(3-4-13(10)16)19-15-9-17(2)8-14-12(15)5-6-18-14;/h3-7,15H,8-9H2,1-2H3;1H. The van der Waals surface area contributed by atoms with Gasteiger partial charge in [-0.1, -0.05) is 15.9 Å². The summed E-state index contributed by atoms with van der Waals surface area (Å²) in [6.07, 6.45) is 1.78. The second kappa shape index (κ2) is 6.20. The normalized spacial score (nSPS) is 18.2. The molecule has 1 unspecified atom stereocenters. The molecular formula is C15H17BrClNO2. The Labute approximate surface area is 133 Å². The highest BCUT2D eigenvalue weighted by atomic mass is 79.9. The van der Waals surface area contributed by atoms with Gasteiger partial charge in [0, 0.05) is 16.6 Å². The van der Waals surface area contributed by atoms with Gasteiger partial charge in [-0.3, -0.25) is 4.90 Å². The molecule has 0 amide bonds. The third kappa shape index (κ3) is 3.03. The highest BCUT2D eigenvalue weighted by Gasteiger charge is 2.27. The molecule has 0 saturated carbocycles. The van der Waals surface area contributed by atoms with Gasteiger partial charge in [-0.2, -0.15) is 0 Å². The minimum atomic E-state index is 0. The minimum Gasteiger partial charge on any atom is -0.484 e. The van der Waals surface area contributed by atoms with Crippen molar-refractivity contribution in [2.75, 3.05) is 13.6 Å². The molecule has 2 heterocycles. The van der Waals surface area contributed by atoms with Crippen LogP contribution in [0, 0.1) is 6.92 Å². The van der Waals surface area contributed by atoms with Crippen molar-refractivity contribution in [2.24, 2.45) is 0 Å². The SMILES string of the molecule is Cc1cc(OC2CN(C)Cc3occc32)ccc1Br.Cl. The van der Waals surface area contributed by atoms with Crippen molar-refractivity contribution in [3.05, 3.63) is 51.9 Å². The molecule has 1 aromatic carbocycles. The first-order valence-corrected chi connectivity index (χ1v) is 7.10. The van der Waals surface area contributed by atoms with Gasteiger partial charge < -0.3 is 9.15 Å². The molecule has 5 heteroatoms. The Hall–Kier alpha value is -0.970. The topological polar surface area (TPSA) is 25.6 Å². The van der Waals surface area contributed by atoms with Crippen LogP contribution in [-0.2, 0) is 6.54 Å². The molecule has 0 bridgehead atoms. The fraction of sp³-hybridized carbons (Fsp3) is 0.333. The van der Waals surface area contributed by atoms with Crippen molar-refractivity contribution in [3.8, 4) is 5.75 Å². The minimum absolute atomic E-state index is 0. The number of ether oxygens (including phenoxy) is 1. The summed E-state index contributed by atoms with van der Waals surface area (Å²) in [5.74, 6) is 1.90. The summed E-state index contributed by atoms with van der Waals surface area (Å²) in [5, 5.41) is 0. The fourth-order valence-corrected chi connectivity index (χ4v) is 2.66. The molecule has 3 nitrogen and oxygen atoms in total. The van der Waals surface area contributed by atoms with Gasteiger partial charge in [0.15, 0.2) is 0 Å². The van der Waals surface area contributed by atoms with E-state index in [-0.39, 0.29) is 18.5 Å². The zero-order chi connectivity index (χ0) is 13.4. The molecule has 0 fully saturated rings. The predicted octanol–water partition coefficient (Wildman–Crippen LogP) is 4.34. The van der Waals surface area contributed by atoms with Gasteiger partial charge in [-0.15, -0.1) is 12.4 Å². The van der Waals surface area contributed by atoms with Crippen molar-refractivity contribution < 1.29 is 9.15 Å². The van der Waals surface area contributed by atoms with E-state index in [9.17, 15) is 0 Å². The molecule has 0 radical (unpaired) electrons. The van der Waals surface area contributed by atoms with Crippen molar-refractivity contribution in [1.29, 1.82) is 0 Å². The Bertz CT molecular complexity index is 599. The summed E-state index contributed by atoms with van der Waals surface area (Å²) in [4.78, 5) is 2.21. The molecule has 20 heavy (non-hydrogen) atoms. The predicted molar refractivity (Wildman–Crippen MR) is 84.5 cm³/mol. The van der Waals surface area contributed by atoms with Gasteiger partial charge in [0.05, 0.1) is 12.8 Å². The number of hydrogen-bond donors (Lipinski definition) is 0. The number of benzene rings is 1. The van der Waals surface area contributed by atoms with Gasteiger partial charge in [0.25, 0.3) is 0 Å². The number of likely N-dealkylation sites (N-methyl/N-ethyl adjacent to an activating group) is 1. The Kier molecular flexibility index (Phi) is 4.78. The van der Waals surface area contributed by atoms with Crippen molar-refractivity contribution in [2.45, 2.75) is 19.6 Å². The zero-order valence-corrected chi connectivity index (χ0v) is 13.8. The monoisotopic (exact) mass is 357 g/mol. The molecule has 0 spiro atoms. The number of hydrogen-bond acceptors (Lipinski definition) is 3. The van der Waals surface area contributed by atoms with Crippen LogP contribution in [-0.4, -0.2) is 18.5 Å². The lowest BCUT2D eigenvalue weighted by atomic mass is 10.1. The van der Waals surface area contributed by atoms with E-state index in [0.29, 0.717) is 0 Å². The van der Waals surface area contributed by atoms with Gasteiger partial charge in [-0.05, 0) is 43.8 Å². The first-order chi connectivity index (χ1) is 9.13. The van der Waals surface area contributed by atoms with E-state index >= 15 is 0 Å². The fourth-order valence-electron chi connectivity index (χ4n) is 2.41. The lowest BCUT2D eigenvalue weighted by molar-refractivity contribution is 0.120. The smallest absolute Gasteiger partial charge is 0.140 e. The number of fused-ring (bicyclic) bond motifs is 1. The second-order valence-electron chi connectivity index (χ2n) is 5.01. The van der Waals surface area contributed by atoms with E-state index in [1.165, 1.54) is 11.1 Å². The second-order valence-corrected chi connectivity index (χ2v) is 5.87. The first kappa shape index (κ1) is 15.4. The summed E-state index contributed by atoms with van der Waals surface area (Å²) in [6, 6.07) is 8.08. The van der Waals surface area contributed by atoms with Crippen LogP contribution in [0.3, 0.4) is 0 Å². The average Bonchev–Trinajstić information content (AvgIpc) is 2.82.